The van der Waals surface area contributed by atoms with Gasteiger partial charge in [0, 0.05) is 12.2 Å². The third-order valence-corrected chi connectivity index (χ3v) is 3.89. The van der Waals surface area contributed by atoms with Crippen LogP contribution in [-0.4, -0.2) is 23.9 Å². The van der Waals surface area contributed by atoms with Crippen LogP contribution in [-0.2, 0) is 11.3 Å². The summed E-state index contributed by atoms with van der Waals surface area (Å²) in [6.45, 7) is 6.47. The zero-order chi connectivity index (χ0) is 15.3. The lowest BCUT2D eigenvalue weighted by Gasteiger charge is -2.26. The summed E-state index contributed by atoms with van der Waals surface area (Å²) in [5.41, 5.74) is 0.949. The number of nitrogens with one attached hydrogen (secondary N) is 1. The molecule has 0 aromatic heterocycles. The molecular weight excluding hydrogens is 262 g/mol. The van der Waals surface area contributed by atoms with Crippen LogP contribution in [0.1, 0.15) is 38.7 Å². The van der Waals surface area contributed by atoms with Crippen molar-refractivity contribution in [3.63, 3.8) is 0 Å². The summed E-state index contributed by atoms with van der Waals surface area (Å²) in [6.07, 6.45) is 3.87. The molecule has 0 bridgehead atoms. The van der Waals surface area contributed by atoms with Crippen molar-refractivity contribution >= 4 is 11.6 Å². The highest BCUT2D eigenvalue weighted by Crippen LogP contribution is 2.19. The molecule has 4 nitrogen and oxygen atoms in total. The summed E-state index contributed by atoms with van der Waals surface area (Å²) in [5, 5.41) is 11.8. The van der Waals surface area contributed by atoms with Gasteiger partial charge in [-0.1, -0.05) is 18.6 Å². The minimum absolute atomic E-state index is 0.264. The van der Waals surface area contributed by atoms with Gasteiger partial charge < -0.3 is 5.32 Å². The van der Waals surface area contributed by atoms with E-state index >= 15 is 0 Å². The molecule has 1 fully saturated rings. The Morgan fingerprint density at radius 1 is 1.33 bits per heavy atom. The fourth-order valence-electron chi connectivity index (χ4n) is 2.46. The molecule has 0 aliphatic carbocycles. The third kappa shape index (κ3) is 4.30. The molecule has 0 radical (unpaired) electrons. The quantitative estimate of drug-likeness (QED) is 0.924. The van der Waals surface area contributed by atoms with Gasteiger partial charge >= 0.3 is 0 Å². The van der Waals surface area contributed by atoms with E-state index < -0.39 is 5.41 Å². The van der Waals surface area contributed by atoms with E-state index in [-0.39, 0.29) is 5.91 Å². The second-order valence-electron chi connectivity index (χ2n) is 6.23. The number of nitriles is 1. The highest BCUT2D eigenvalue weighted by atomic mass is 16.2. The average Bonchev–Trinajstić information content (AvgIpc) is 2.48. The number of nitrogens with zero attached hydrogens (tertiary/aromatic N) is 2. The molecule has 1 N–H and O–H groups in total. The first-order valence-electron chi connectivity index (χ1n) is 7.55. The maximum absolute atomic E-state index is 12.0. The van der Waals surface area contributed by atoms with Crippen molar-refractivity contribution in [1.82, 2.24) is 4.90 Å². The minimum Gasteiger partial charge on any atom is -0.325 e. The van der Waals surface area contributed by atoms with E-state index in [1.807, 2.05) is 24.3 Å². The van der Waals surface area contributed by atoms with Gasteiger partial charge in [-0.05, 0) is 57.5 Å². The number of carbonyl (C=O) groups excluding carboxylic acids is 1. The molecule has 1 aliphatic rings. The molecule has 0 saturated carbocycles. The van der Waals surface area contributed by atoms with E-state index in [9.17, 15) is 4.79 Å². The van der Waals surface area contributed by atoms with Gasteiger partial charge in [0.2, 0.25) is 5.91 Å². The molecule has 0 atom stereocenters. The van der Waals surface area contributed by atoms with E-state index in [1.54, 1.807) is 13.8 Å². The minimum atomic E-state index is -1.01. The summed E-state index contributed by atoms with van der Waals surface area (Å²) < 4.78 is 0. The predicted molar refractivity (Wildman–Crippen MR) is 83.6 cm³/mol. The molecule has 2 rings (SSSR count). The number of amides is 1. The Kier molecular flexibility index (Phi) is 4.98. The zero-order valence-electron chi connectivity index (χ0n) is 12.9. The lowest BCUT2D eigenvalue weighted by Crippen LogP contribution is -2.30. The number of carbonyl (C=O) groups is 1. The first kappa shape index (κ1) is 15.5. The fourth-order valence-corrected chi connectivity index (χ4v) is 2.46. The molecule has 0 unspecified atom stereocenters. The number of hydrogen-bond acceptors (Lipinski definition) is 3. The largest absolute Gasteiger partial charge is 0.325 e. The molecule has 1 saturated heterocycles. The smallest absolute Gasteiger partial charge is 0.244 e. The first-order chi connectivity index (χ1) is 10.0. The molecule has 1 aromatic rings. The Morgan fingerprint density at radius 2 is 2.05 bits per heavy atom. The first-order valence-corrected chi connectivity index (χ1v) is 7.55. The molecule has 21 heavy (non-hydrogen) atoms. The van der Waals surface area contributed by atoms with Gasteiger partial charge in [-0.15, -0.1) is 0 Å². The molecule has 0 spiro atoms. The van der Waals surface area contributed by atoms with E-state index in [1.165, 1.54) is 24.8 Å². The Hall–Kier alpha value is -1.86. The number of anilines is 1. The lowest BCUT2D eigenvalue weighted by atomic mass is 9.94. The van der Waals surface area contributed by atoms with Crippen LogP contribution in [0.4, 0.5) is 5.69 Å². The highest BCUT2D eigenvalue weighted by Gasteiger charge is 2.27. The lowest BCUT2D eigenvalue weighted by molar-refractivity contribution is -0.121. The van der Waals surface area contributed by atoms with Gasteiger partial charge in [0.15, 0.2) is 0 Å². The zero-order valence-corrected chi connectivity index (χ0v) is 12.9. The Bertz CT molecular complexity index is 539. The molecular formula is C17H23N3O. The topological polar surface area (TPSA) is 56.1 Å². The van der Waals surface area contributed by atoms with Crippen LogP contribution >= 0.6 is 0 Å². The van der Waals surface area contributed by atoms with Crippen LogP contribution in [0.3, 0.4) is 0 Å². The monoisotopic (exact) mass is 285 g/mol. The predicted octanol–water partition coefficient (Wildman–Crippen LogP) is 3.16. The number of hydrogen-bond donors (Lipinski definition) is 1. The fraction of sp³-hybridized carbons (Fsp3) is 0.529. The van der Waals surface area contributed by atoms with E-state index in [0.29, 0.717) is 0 Å². The van der Waals surface area contributed by atoms with Crippen molar-refractivity contribution in [3.05, 3.63) is 29.8 Å². The van der Waals surface area contributed by atoms with Crippen LogP contribution in [0, 0.1) is 16.7 Å². The van der Waals surface area contributed by atoms with E-state index in [4.69, 9.17) is 5.26 Å². The molecule has 112 valence electrons. The summed E-state index contributed by atoms with van der Waals surface area (Å²) in [5.74, 6) is -0.264. The Morgan fingerprint density at radius 3 is 2.71 bits per heavy atom. The van der Waals surface area contributed by atoms with Gasteiger partial charge in [-0.3, -0.25) is 9.69 Å². The van der Waals surface area contributed by atoms with Crippen molar-refractivity contribution in [1.29, 1.82) is 5.26 Å². The van der Waals surface area contributed by atoms with Crippen molar-refractivity contribution in [2.75, 3.05) is 18.4 Å². The number of piperidine rings is 1. The SMILES string of the molecule is CC(C)(C#N)C(=O)Nc1cccc(CN2CCCCC2)c1. The summed E-state index contributed by atoms with van der Waals surface area (Å²) >= 11 is 0. The Labute approximate surface area is 126 Å². The van der Waals surface area contributed by atoms with Crippen LogP contribution < -0.4 is 5.32 Å². The molecule has 1 aromatic carbocycles. The standard InChI is InChI=1S/C17H23N3O/c1-17(2,13-18)16(21)19-15-8-6-7-14(11-15)12-20-9-4-3-5-10-20/h6-8,11H,3-5,9-10,12H2,1-2H3,(H,19,21). The van der Waals surface area contributed by atoms with Gasteiger partial charge in [0.25, 0.3) is 0 Å². The average molecular weight is 285 g/mol. The van der Waals surface area contributed by atoms with Crippen LogP contribution in [0.2, 0.25) is 0 Å². The second kappa shape index (κ2) is 6.73. The van der Waals surface area contributed by atoms with Crippen molar-refractivity contribution in [2.24, 2.45) is 5.41 Å². The second-order valence-corrected chi connectivity index (χ2v) is 6.23. The maximum Gasteiger partial charge on any atom is 0.244 e. The third-order valence-electron chi connectivity index (χ3n) is 3.89. The highest BCUT2D eigenvalue weighted by molar-refractivity contribution is 5.96. The van der Waals surface area contributed by atoms with E-state index in [0.717, 1.165) is 25.3 Å². The van der Waals surface area contributed by atoms with Crippen LogP contribution in [0.5, 0.6) is 0 Å². The Balaban J connectivity index is 2.00. The van der Waals surface area contributed by atoms with Crippen molar-refractivity contribution < 1.29 is 4.79 Å². The van der Waals surface area contributed by atoms with Crippen molar-refractivity contribution in [3.8, 4) is 6.07 Å². The summed E-state index contributed by atoms with van der Waals surface area (Å²) in [4.78, 5) is 14.5. The number of benzene rings is 1. The number of rotatable bonds is 4. The molecule has 1 aliphatic heterocycles. The molecule has 1 heterocycles. The van der Waals surface area contributed by atoms with E-state index in [2.05, 4.69) is 16.3 Å². The summed E-state index contributed by atoms with van der Waals surface area (Å²) in [6, 6.07) is 9.92. The van der Waals surface area contributed by atoms with Crippen molar-refractivity contribution in [2.45, 2.75) is 39.7 Å². The number of likely N-dealkylation sites (tertiary alicyclic amines) is 1. The molecule has 1 amide bonds. The van der Waals surface area contributed by atoms with Gasteiger partial charge in [0.1, 0.15) is 5.41 Å². The van der Waals surface area contributed by atoms with Gasteiger partial charge in [-0.2, -0.15) is 5.26 Å². The normalized spacial score (nSPS) is 16.2. The van der Waals surface area contributed by atoms with Gasteiger partial charge in [-0.25, -0.2) is 0 Å². The van der Waals surface area contributed by atoms with Crippen LogP contribution in [0.15, 0.2) is 24.3 Å². The summed E-state index contributed by atoms with van der Waals surface area (Å²) in [7, 11) is 0. The maximum atomic E-state index is 12.0. The molecule has 4 heteroatoms. The van der Waals surface area contributed by atoms with Gasteiger partial charge in [0.05, 0.1) is 6.07 Å². The van der Waals surface area contributed by atoms with Crippen LogP contribution in [0.25, 0.3) is 0 Å².